The molecule has 0 radical (unpaired) electrons. The van der Waals surface area contributed by atoms with Crippen LogP contribution in [0.5, 0.6) is 0 Å². The quantitative estimate of drug-likeness (QED) is 0.588. The standard InChI is InChI=1S/C23H29ClN2O2S/c1-17(2)13-25-23(28)18(3)26(14-19-9-11-21(24)12-10-19)22(27)16-29-15-20-7-5-4-6-8-20/h4-12,17-18H,13-16H2,1-3H3,(H,25,28)/t18-/m0/s1. The largest absolute Gasteiger partial charge is 0.354 e. The van der Waals surface area contributed by atoms with Gasteiger partial charge < -0.3 is 10.2 Å². The molecule has 0 aliphatic rings. The second-order valence-corrected chi connectivity index (χ2v) is 8.86. The van der Waals surface area contributed by atoms with Gasteiger partial charge in [0.2, 0.25) is 11.8 Å². The van der Waals surface area contributed by atoms with Crippen LogP contribution in [0.4, 0.5) is 0 Å². The van der Waals surface area contributed by atoms with Crippen molar-refractivity contribution in [3.63, 3.8) is 0 Å². The summed E-state index contributed by atoms with van der Waals surface area (Å²) in [6.45, 7) is 6.84. The molecule has 0 aliphatic heterocycles. The molecule has 0 aromatic heterocycles. The lowest BCUT2D eigenvalue weighted by Crippen LogP contribution is -2.48. The van der Waals surface area contributed by atoms with Gasteiger partial charge in [0.05, 0.1) is 5.75 Å². The van der Waals surface area contributed by atoms with Gasteiger partial charge in [-0.25, -0.2) is 0 Å². The predicted molar refractivity (Wildman–Crippen MR) is 122 cm³/mol. The van der Waals surface area contributed by atoms with E-state index in [2.05, 4.69) is 5.32 Å². The van der Waals surface area contributed by atoms with Crippen LogP contribution in [0.2, 0.25) is 5.02 Å². The van der Waals surface area contributed by atoms with Crippen LogP contribution >= 0.6 is 23.4 Å². The van der Waals surface area contributed by atoms with E-state index in [0.29, 0.717) is 29.8 Å². The van der Waals surface area contributed by atoms with Crippen molar-refractivity contribution < 1.29 is 9.59 Å². The van der Waals surface area contributed by atoms with Crippen molar-refractivity contribution in [1.82, 2.24) is 10.2 Å². The highest BCUT2D eigenvalue weighted by molar-refractivity contribution is 7.99. The molecule has 0 aliphatic carbocycles. The van der Waals surface area contributed by atoms with Gasteiger partial charge in [-0.1, -0.05) is 67.9 Å². The number of amides is 2. The summed E-state index contributed by atoms with van der Waals surface area (Å²) in [5.41, 5.74) is 2.12. The number of halogens is 1. The summed E-state index contributed by atoms with van der Waals surface area (Å²) >= 11 is 7.53. The van der Waals surface area contributed by atoms with Gasteiger partial charge in [0.25, 0.3) is 0 Å². The van der Waals surface area contributed by atoms with Crippen molar-refractivity contribution in [2.24, 2.45) is 5.92 Å². The molecule has 0 saturated carbocycles. The van der Waals surface area contributed by atoms with Gasteiger partial charge in [-0.05, 0) is 36.1 Å². The number of carbonyl (C=O) groups excluding carboxylic acids is 2. The van der Waals surface area contributed by atoms with E-state index in [-0.39, 0.29) is 11.8 Å². The lowest BCUT2D eigenvalue weighted by atomic mass is 10.1. The summed E-state index contributed by atoms with van der Waals surface area (Å²) in [6, 6.07) is 16.9. The van der Waals surface area contributed by atoms with E-state index in [1.54, 1.807) is 35.7 Å². The lowest BCUT2D eigenvalue weighted by molar-refractivity contribution is -0.138. The second kappa shape index (κ2) is 11.9. The van der Waals surface area contributed by atoms with Crippen LogP contribution in [0.3, 0.4) is 0 Å². The minimum Gasteiger partial charge on any atom is -0.354 e. The Bertz CT molecular complexity index is 781. The monoisotopic (exact) mass is 432 g/mol. The maximum Gasteiger partial charge on any atom is 0.242 e. The minimum absolute atomic E-state index is 0.0481. The summed E-state index contributed by atoms with van der Waals surface area (Å²) in [4.78, 5) is 27.2. The van der Waals surface area contributed by atoms with Crippen molar-refractivity contribution in [2.75, 3.05) is 12.3 Å². The fourth-order valence-corrected chi connectivity index (χ4v) is 3.73. The Kier molecular flexibility index (Phi) is 9.55. The summed E-state index contributed by atoms with van der Waals surface area (Å²) in [7, 11) is 0. The highest BCUT2D eigenvalue weighted by Gasteiger charge is 2.26. The van der Waals surface area contributed by atoms with Crippen LogP contribution in [0, 0.1) is 5.92 Å². The van der Waals surface area contributed by atoms with Crippen LogP contribution in [-0.4, -0.2) is 35.1 Å². The van der Waals surface area contributed by atoms with Gasteiger partial charge in [0.15, 0.2) is 0 Å². The lowest BCUT2D eigenvalue weighted by Gasteiger charge is -2.29. The van der Waals surface area contributed by atoms with Gasteiger partial charge in [0, 0.05) is 23.9 Å². The molecule has 2 aromatic rings. The first-order chi connectivity index (χ1) is 13.9. The highest BCUT2D eigenvalue weighted by Crippen LogP contribution is 2.17. The van der Waals surface area contributed by atoms with Crippen LogP contribution in [0.25, 0.3) is 0 Å². The number of nitrogens with one attached hydrogen (secondary N) is 1. The van der Waals surface area contributed by atoms with Crippen molar-refractivity contribution in [1.29, 1.82) is 0 Å². The van der Waals surface area contributed by atoms with E-state index in [9.17, 15) is 9.59 Å². The SMILES string of the molecule is CC(C)CNC(=O)[C@H](C)N(Cc1ccc(Cl)cc1)C(=O)CSCc1ccccc1. The molecule has 0 spiro atoms. The molecule has 29 heavy (non-hydrogen) atoms. The molecule has 0 bridgehead atoms. The zero-order valence-electron chi connectivity index (χ0n) is 17.2. The third-order valence-corrected chi connectivity index (χ3v) is 5.70. The topological polar surface area (TPSA) is 49.4 Å². The third-order valence-electron chi connectivity index (χ3n) is 4.46. The highest BCUT2D eigenvalue weighted by atomic mass is 35.5. The predicted octanol–water partition coefficient (Wildman–Crippen LogP) is 4.76. The number of thioether (sulfide) groups is 1. The maximum atomic E-state index is 13.0. The molecule has 6 heteroatoms. The second-order valence-electron chi connectivity index (χ2n) is 7.44. The average molecular weight is 433 g/mol. The number of carbonyl (C=O) groups is 2. The maximum absolute atomic E-state index is 13.0. The Hall–Kier alpha value is -1.98. The Morgan fingerprint density at radius 1 is 1.00 bits per heavy atom. The molecular formula is C23H29ClN2O2S. The van der Waals surface area contributed by atoms with E-state index >= 15 is 0 Å². The minimum atomic E-state index is -0.547. The fourth-order valence-electron chi connectivity index (χ4n) is 2.73. The van der Waals surface area contributed by atoms with Gasteiger partial charge in [0.1, 0.15) is 6.04 Å². The smallest absolute Gasteiger partial charge is 0.242 e. The first-order valence-corrected chi connectivity index (χ1v) is 11.3. The molecule has 4 nitrogen and oxygen atoms in total. The Balaban J connectivity index is 2.04. The Morgan fingerprint density at radius 3 is 2.28 bits per heavy atom. The van der Waals surface area contributed by atoms with Gasteiger partial charge in [-0.15, -0.1) is 11.8 Å². The first kappa shape index (κ1) is 23.3. The molecule has 156 valence electrons. The Labute approximate surface area is 183 Å². The zero-order valence-corrected chi connectivity index (χ0v) is 18.8. The number of rotatable bonds is 10. The van der Waals surface area contributed by atoms with Crippen molar-refractivity contribution in [3.05, 3.63) is 70.7 Å². The average Bonchev–Trinajstić information content (AvgIpc) is 2.71. The van der Waals surface area contributed by atoms with Crippen molar-refractivity contribution >= 4 is 35.2 Å². The van der Waals surface area contributed by atoms with Crippen LogP contribution in [0.1, 0.15) is 31.9 Å². The number of hydrogen-bond acceptors (Lipinski definition) is 3. The molecule has 1 N–H and O–H groups in total. The van der Waals surface area contributed by atoms with E-state index in [1.165, 1.54) is 5.56 Å². The van der Waals surface area contributed by atoms with E-state index in [4.69, 9.17) is 11.6 Å². The van der Waals surface area contributed by atoms with Gasteiger partial charge in [-0.2, -0.15) is 0 Å². The number of nitrogens with zero attached hydrogens (tertiary/aromatic N) is 1. The molecule has 2 amide bonds. The summed E-state index contributed by atoms with van der Waals surface area (Å²) in [6.07, 6.45) is 0. The van der Waals surface area contributed by atoms with Crippen LogP contribution in [-0.2, 0) is 21.9 Å². The summed E-state index contributed by atoms with van der Waals surface area (Å²) in [5, 5.41) is 3.58. The molecule has 1 atom stereocenters. The van der Waals surface area contributed by atoms with Gasteiger partial charge >= 0.3 is 0 Å². The molecule has 0 fully saturated rings. The van der Waals surface area contributed by atoms with E-state index < -0.39 is 6.04 Å². The normalized spacial score (nSPS) is 11.9. The number of benzene rings is 2. The zero-order chi connectivity index (χ0) is 21.2. The molecule has 2 rings (SSSR count). The molecule has 2 aromatic carbocycles. The fraction of sp³-hybridized carbons (Fsp3) is 0.391. The number of hydrogen-bond donors (Lipinski definition) is 1. The van der Waals surface area contributed by atoms with Crippen molar-refractivity contribution in [3.8, 4) is 0 Å². The van der Waals surface area contributed by atoms with E-state index in [1.807, 2.05) is 56.3 Å². The molecule has 0 unspecified atom stereocenters. The first-order valence-electron chi connectivity index (χ1n) is 9.80. The Morgan fingerprint density at radius 2 is 1.66 bits per heavy atom. The summed E-state index contributed by atoms with van der Waals surface area (Å²) < 4.78 is 0. The van der Waals surface area contributed by atoms with Crippen LogP contribution in [0.15, 0.2) is 54.6 Å². The molecule has 0 heterocycles. The van der Waals surface area contributed by atoms with E-state index in [0.717, 1.165) is 11.3 Å². The van der Waals surface area contributed by atoms with Gasteiger partial charge in [-0.3, -0.25) is 9.59 Å². The summed E-state index contributed by atoms with van der Waals surface area (Å²) in [5.74, 6) is 1.26. The van der Waals surface area contributed by atoms with Crippen LogP contribution < -0.4 is 5.32 Å². The molecule has 0 saturated heterocycles. The third kappa shape index (κ3) is 8.11. The molecular weight excluding hydrogens is 404 g/mol. The van der Waals surface area contributed by atoms with Crippen molar-refractivity contribution in [2.45, 2.75) is 39.1 Å².